The molecule has 0 atom stereocenters. The van der Waals surface area contributed by atoms with E-state index in [0.717, 1.165) is 0 Å². The Bertz CT molecular complexity index is 7900. The minimum atomic E-state index is 1.23. The van der Waals surface area contributed by atoms with E-state index in [1.54, 1.807) is 0 Å². The van der Waals surface area contributed by atoms with E-state index >= 15 is 0 Å². The predicted molar refractivity (Wildman–Crippen MR) is 556 cm³/mol. The molecular formula is C129H106N4+4. The summed E-state index contributed by atoms with van der Waals surface area (Å²) in [7, 11) is 8.63. The molecule has 0 fully saturated rings. The third kappa shape index (κ3) is 14.8. The van der Waals surface area contributed by atoms with Gasteiger partial charge in [-0.05, 0) is 257 Å². The first kappa shape index (κ1) is 84.0. The lowest BCUT2D eigenvalue weighted by molar-refractivity contribution is -0.666. The lowest BCUT2D eigenvalue weighted by Gasteiger charge is -2.25. The maximum atomic E-state index is 2.35. The molecule has 0 N–H and O–H groups in total. The molecule has 4 aromatic heterocycles. The summed E-state index contributed by atoms with van der Waals surface area (Å²) in [6.45, 7) is 19.8. The first-order valence-electron chi connectivity index (χ1n) is 46.5. The van der Waals surface area contributed by atoms with Crippen molar-refractivity contribution in [1.82, 2.24) is 0 Å². The van der Waals surface area contributed by atoms with Crippen LogP contribution in [0, 0.1) is 62.3 Å². The van der Waals surface area contributed by atoms with Crippen molar-refractivity contribution in [3.05, 3.63) is 457 Å². The van der Waals surface area contributed by atoms with Crippen LogP contribution in [0.3, 0.4) is 0 Å². The smallest absolute Gasteiger partial charge is 0.201 e. The molecule has 0 saturated carbocycles. The summed E-state index contributed by atoms with van der Waals surface area (Å²) in [5.74, 6) is 0. The summed E-state index contributed by atoms with van der Waals surface area (Å²) >= 11 is 0. The number of nitrogens with zero attached hydrogens (tertiary/aromatic N) is 4. The molecule has 638 valence electrons. The van der Waals surface area contributed by atoms with Gasteiger partial charge in [0.15, 0.2) is 24.3 Å². The second kappa shape index (κ2) is 34.9. The van der Waals surface area contributed by atoms with Crippen molar-refractivity contribution >= 4 is 0 Å². The second-order valence-corrected chi connectivity index (χ2v) is 36.4. The maximum Gasteiger partial charge on any atom is 0.213 e. The van der Waals surface area contributed by atoms with Crippen molar-refractivity contribution in [1.29, 1.82) is 0 Å². The zero-order valence-corrected chi connectivity index (χ0v) is 78.0. The number of aryl methyl sites for hydroxylation is 12. The summed E-state index contributed by atoms with van der Waals surface area (Å²) in [5.41, 5.74) is 63.0. The second-order valence-electron chi connectivity index (χ2n) is 36.4. The fourth-order valence-corrected chi connectivity index (χ4v) is 21.5. The highest BCUT2D eigenvalue weighted by Crippen LogP contribution is 2.57. The number of fused-ring (bicyclic) bond motifs is 32. The average molecular weight is 1710 g/mol. The zero-order valence-electron chi connectivity index (χ0n) is 78.0. The van der Waals surface area contributed by atoms with Crippen molar-refractivity contribution in [3.8, 4) is 223 Å². The molecule has 0 unspecified atom stereocenters. The van der Waals surface area contributed by atoms with Crippen LogP contribution in [0.4, 0.5) is 0 Å². The third-order valence-electron chi connectivity index (χ3n) is 28.2. The van der Waals surface area contributed by atoms with Crippen molar-refractivity contribution in [2.75, 3.05) is 0 Å². The quantitative estimate of drug-likeness (QED) is 0.156. The number of aromatic nitrogens is 4. The normalized spacial score (nSPS) is 11.5. The van der Waals surface area contributed by atoms with Gasteiger partial charge in [-0.2, -0.15) is 4.57 Å². The molecule has 0 spiro atoms. The topological polar surface area (TPSA) is 15.5 Å². The largest absolute Gasteiger partial charge is 0.213 e. The Labute approximate surface area is 783 Å². The molecule has 0 amide bonds. The van der Waals surface area contributed by atoms with Gasteiger partial charge in [0.05, 0.1) is 22.3 Å². The Kier molecular flexibility index (Phi) is 22.0. The van der Waals surface area contributed by atoms with Gasteiger partial charge in [0.1, 0.15) is 28.2 Å². The Morgan fingerprint density at radius 2 is 0.383 bits per heavy atom. The Balaban J connectivity index is 0.000000107. The lowest BCUT2D eigenvalue weighted by atomic mass is 9.78. The van der Waals surface area contributed by atoms with Gasteiger partial charge >= 0.3 is 0 Å². The predicted octanol–water partition coefficient (Wildman–Crippen LogP) is 31.4. The van der Waals surface area contributed by atoms with Gasteiger partial charge in [-0.15, -0.1) is 0 Å². The molecule has 4 nitrogen and oxygen atoms in total. The molecule has 0 aliphatic heterocycles. The summed E-state index contributed by atoms with van der Waals surface area (Å²) < 4.78 is 9.10. The van der Waals surface area contributed by atoms with E-state index in [9.17, 15) is 0 Å². The lowest BCUT2D eigenvalue weighted by Crippen LogP contribution is -2.34. The highest BCUT2D eigenvalue weighted by Gasteiger charge is 2.35. The van der Waals surface area contributed by atoms with Gasteiger partial charge < -0.3 is 0 Å². The molecule has 20 aromatic rings. The number of benzene rings is 16. The molecule has 4 aliphatic rings. The van der Waals surface area contributed by atoms with Gasteiger partial charge in [-0.3, -0.25) is 0 Å². The minimum Gasteiger partial charge on any atom is -0.201 e. The monoisotopic (exact) mass is 1710 g/mol. The molecule has 0 saturated heterocycles. The van der Waals surface area contributed by atoms with E-state index in [-0.39, 0.29) is 0 Å². The molecule has 4 heteroatoms. The molecule has 4 heterocycles. The number of rotatable bonds is 4. The van der Waals surface area contributed by atoms with E-state index in [4.69, 9.17) is 0 Å². The van der Waals surface area contributed by atoms with Crippen LogP contribution in [0.25, 0.3) is 223 Å². The summed E-state index contributed by atoms with van der Waals surface area (Å²) in [5, 5.41) is 0. The highest BCUT2D eigenvalue weighted by molar-refractivity contribution is 6.12. The van der Waals surface area contributed by atoms with Crippen LogP contribution in [-0.2, 0) is 28.2 Å². The van der Waals surface area contributed by atoms with E-state index in [2.05, 4.69) is 516 Å². The number of pyridine rings is 4. The molecule has 0 bridgehead atoms. The van der Waals surface area contributed by atoms with Crippen LogP contribution < -0.4 is 18.3 Å². The van der Waals surface area contributed by atoms with Crippen LogP contribution in [0.15, 0.2) is 407 Å². The molecule has 133 heavy (non-hydrogen) atoms. The van der Waals surface area contributed by atoms with Crippen molar-refractivity contribution in [2.45, 2.75) is 62.3 Å². The average Bonchev–Trinajstić information content (AvgIpc) is 0.743. The molecule has 4 aliphatic carbocycles. The van der Waals surface area contributed by atoms with Crippen LogP contribution >= 0.6 is 0 Å². The van der Waals surface area contributed by atoms with E-state index < -0.39 is 0 Å². The SMILES string of the molecule is Cc1cc(-c2c(C)ccc3c2-c2ccccc2-c2ccccc2-c2ccccc2-3)[n+](C)cc1C.Cc1cc[n+](C)c(-c2c(C)ccc3c2-c2ccccc2-c2ccccc2-c2ccccc2-3)c1.Cc1ccc(-c2c(C)ccc3c2-c2ccccc2-c2ccccc2-c2ccccc2-3)[n+](C)c1.Cc1ccc2c(c1-c1cccc(C)[n+]1C)-c1ccccc1-c1ccccc1-c1ccccc1-2. The van der Waals surface area contributed by atoms with Gasteiger partial charge in [0.25, 0.3) is 0 Å². The van der Waals surface area contributed by atoms with Crippen LogP contribution in [0.2, 0.25) is 0 Å². The first-order valence-corrected chi connectivity index (χ1v) is 46.5. The Morgan fingerprint density at radius 1 is 0.143 bits per heavy atom. The highest BCUT2D eigenvalue weighted by atomic mass is 14.9. The molecule has 24 rings (SSSR count). The summed E-state index contributed by atoms with van der Waals surface area (Å²) in [6.07, 6.45) is 6.63. The van der Waals surface area contributed by atoms with E-state index in [1.165, 1.54) is 273 Å². The molecule has 16 aromatic carbocycles. The molecular weight excluding hydrogens is 1610 g/mol. The van der Waals surface area contributed by atoms with Crippen LogP contribution in [-0.4, -0.2) is 0 Å². The molecule has 0 radical (unpaired) electrons. The fourth-order valence-electron chi connectivity index (χ4n) is 21.5. The third-order valence-corrected chi connectivity index (χ3v) is 28.2. The van der Waals surface area contributed by atoms with Crippen molar-refractivity contribution in [2.24, 2.45) is 28.2 Å². The minimum absolute atomic E-state index is 1.23. The Morgan fingerprint density at radius 3 is 0.669 bits per heavy atom. The van der Waals surface area contributed by atoms with Crippen LogP contribution in [0.5, 0.6) is 0 Å². The fraction of sp³-hybridized carbons (Fsp3) is 0.101. The number of hydrogen-bond acceptors (Lipinski definition) is 0. The van der Waals surface area contributed by atoms with Gasteiger partial charge in [0.2, 0.25) is 22.8 Å². The van der Waals surface area contributed by atoms with Gasteiger partial charge in [0, 0.05) is 76.7 Å². The summed E-state index contributed by atoms with van der Waals surface area (Å²) in [6, 6.07) is 142. The first-order chi connectivity index (χ1) is 65.0. The number of hydrogen-bond donors (Lipinski definition) is 0. The van der Waals surface area contributed by atoms with Crippen molar-refractivity contribution < 1.29 is 18.3 Å². The van der Waals surface area contributed by atoms with Gasteiger partial charge in [-0.25, -0.2) is 13.7 Å². The van der Waals surface area contributed by atoms with Crippen LogP contribution in [0.1, 0.15) is 50.2 Å². The Hall–Kier alpha value is -15.9. The van der Waals surface area contributed by atoms with Gasteiger partial charge in [-0.1, -0.05) is 340 Å². The standard InChI is InChI=1S/C33H28N.3C32H26N/c1-21-17-18-30-28-15-8-7-13-26(28)24-11-5-6-12-25(24)27-14-9-10-16-29(27)33(30)32(21)31-19-22(2)23(3)20-34(31)4;1-21-19-20-29-27-16-7-6-14-25(27)23-12-4-5-13-24(23)26-15-8-9-17-28(26)32(29)31(21)30-18-10-11-22(2)33(30)3;1-21-16-19-30(33(3)20-21)31-22(2)17-18-29-27-14-7-6-12-25(27)23-10-4-5-11-24(23)26-13-8-9-15-28(26)32(29)31;1-21-18-19-33(3)30(20-21)31-22(2)16-17-29-27-14-7-6-12-25(27)23-10-4-5-11-24(23)26-13-8-9-15-28(26)32(29)31/h5-20H,1-4H3;3*4-20H,1-3H3/q4*+1. The van der Waals surface area contributed by atoms with E-state index in [1.807, 2.05) is 0 Å². The summed E-state index contributed by atoms with van der Waals surface area (Å²) in [4.78, 5) is 0. The zero-order chi connectivity index (χ0) is 91.0. The maximum absolute atomic E-state index is 2.35. The van der Waals surface area contributed by atoms with E-state index in [0.29, 0.717) is 0 Å². The van der Waals surface area contributed by atoms with Crippen molar-refractivity contribution in [3.63, 3.8) is 0 Å².